The van der Waals surface area contributed by atoms with Crippen LogP contribution in [0, 0.1) is 0 Å². The van der Waals surface area contributed by atoms with Crippen molar-refractivity contribution < 1.29 is 0 Å². The van der Waals surface area contributed by atoms with Crippen LogP contribution in [0.25, 0.3) is 12.3 Å². The Kier molecular flexibility index (Phi) is 1.58. The molecule has 0 spiro atoms. The number of nitrogens with two attached hydrogens (primary N) is 1. The molecule has 0 aliphatic rings. The topological polar surface area (TPSA) is 41.8 Å². The summed E-state index contributed by atoms with van der Waals surface area (Å²) in [6.07, 6.45) is 5.44. The summed E-state index contributed by atoms with van der Waals surface area (Å²) >= 11 is 0. The predicted molar refractivity (Wildman–Crippen MR) is 38.8 cm³/mol. The van der Waals surface area contributed by atoms with Crippen molar-refractivity contribution in [1.82, 2.24) is 4.98 Å². The van der Waals surface area contributed by atoms with Gasteiger partial charge in [0.25, 0.3) is 0 Å². The first-order chi connectivity index (χ1) is 4.38. The Morgan fingerprint density at radius 2 is 2.44 bits per heavy atom. The summed E-state index contributed by atoms with van der Waals surface area (Å²) in [7, 11) is 0. The van der Waals surface area contributed by atoms with E-state index < -0.39 is 0 Å². The first kappa shape index (κ1) is 5.95. The molecule has 0 radical (unpaired) electrons. The van der Waals surface area contributed by atoms with E-state index in [-0.39, 0.29) is 0 Å². The average Bonchev–Trinajstić information content (AvgIpc) is 2.33. The molecule has 1 aromatic heterocycles. The third kappa shape index (κ3) is 0.964. The van der Waals surface area contributed by atoms with Crippen LogP contribution in [0.5, 0.6) is 0 Å². The number of H-pyrrole nitrogens is 1. The lowest BCUT2D eigenvalue weighted by Gasteiger charge is -1.73. The number of hydrogen-bond acceptors (Lipinski definition) is 1. The lowest BCUT2D eigenvalue weighted by molar-refractivity contribution is 1.30. The molecule has 2 heteroatoms. The van der Waals surface area contributed by atoms with Crippen molar-refractivity contribution in [1.29, 1.82) is 0 Å². The molecule has 1 heterocycles. The third-order valence-corrected chi connectivity index (χ3v) is 1.29. The van der Waals surface area contributed by atoms with Crippen molar-refractivity contribution in [3.8, 4) is 0 Å². The number of aromatic amines is 1. The number of nitrogens with one attached hydrogen (secondary N) is 1. The molecular formula is C7H10N2. The highest BCUT2D eigenvalue weighted by Crippen LogP contribution is 1.60. The quantitative estimate of drug-likeness (QED) is 0.479. The molecule has 1 aromatic rings. The molecule has 0 aliphatic carbocycles. The maximum absolute atomic E-state index is 5.29. The van der Waals surface area contributed by atoms with E-state index in [0.29, 0.717) is 0 Å². The molecule has 3 N–H and O–H groups in total. The highest BCUT2D eigenvalue weighted by Gasteiger charge is 1.78. The first-order valence-electron chi connectivity index (χ1n) is 2.90. The summed E-state index contributed by atoms with van der Waals surface area (Å²) in [4.78, 5) is 2.99. The summed E-state index contributed by atoms with van der Waals surface area (Å²) in [5.74, 6) is 0. The molecule has 2 nitrogen and oxygen atoms in total. The van der Waals surface area contributed by atoms with Gasteiger partial charge in [-0.2, -0.15) is 0 Å². The Morgan fingerprint density at radius 3 is 2.89 bits per heavy atom. The summed E-state index contributed by atoms with van der Waals surface area (Å²) in [6, 6.07) is 1.98. The molecule has 0 bridgehead atoms. The number of rotatable bonds is 0. The normalized spacial score (nSPS) is 14.8. The second kappa shape index (κ2) is 2.40. The number of hydrogen-bond donors (Lipinski definition) is 2. The molecule has 0 atom stereocenters. The van der Waals surface area contributed by atoms with Crippen molar-refractivity contribution in [3.05, 3.63) is 22.8 Å². The molecule has 0 saturated heterocycles. The lowest BCUT2D eigenvalue weighted by atomic mass is 10.4. The highest BCUT2D eigenvalue weighted by atomic mass is 14.7. The summed E-state index contributed by atoms with van der Waals surface area (Å²) in [6.45, 7) is 1.98. The second-order valence-corrected chi connectivity index (χ2v) is 1.80. The second-order valence-electron chi connectivity index (χ2n) is 1.80. The molecule has 0 aliphatic heterocycles. The van der Waals surface area contributed by atoms with E-state index in [0.717, 1.165) is 10.6 Å². The fraction of sp³-hybridized carbons (Fsp3) is 0.143. The van der Waals surface area contributed by atoms with Gasteiger partial charge in [0.15, 0.2) is 0 Å². The van der Waals surface area contributed by atoms with Crippen LogP contribution < -0.4 is 16.3 Å². The van der Waals surface area contributed by atoms with Gasteiger partial charge in [0, 0.05) is 12.4 Å². The van der Waals surface area contributed by atoms with Crippen LogP contribution in [0.15, 0.2) is 12.3 Å². The maximum Gasteiger partial charge on any atom is 0.0608 e. The molecular weight excluding hydrogens is 112 g/mol. The maximum atomic E-state index is 5.29. The van der Waals surface area contributed by atoms with Crippen LogP contribution >= 0.6 is 0 Å². The van der Waals surface area contributed by atoms with Crippen LogP contribution in [0.4, 0.5) is 0 Å². The van der Waals surface area contributed by atoms with E-state index in [9.17, 15) is 0 Å². The molecule has 9 heavy (non-hydrogen) atoms. The van der Waals surface area contributed by atoms with Crippen molar-refractivity contribution >= 4 is 12.3 Å². The Bertz CT molecular complexity index is 254. The molecule has 0 amide bonds. The van der Waals surface area contributed by atoms with Crippen molar-refractivity contribution in [2.45, 2.75) is 6.92 Å². The Labute approximate surface area is 53.7 Å². The molecule has 1 rings (SSSR count). The van der Waals surface area contributed by atoms with E-state index in [1.807, 2.05) is 25.3 Å². The van der Waals surface area contributed by atoms with Crippen molar-refractivity contribution in [2.24, 2.45) is 5.73 Å². The van der Waals surface area contributed by atoms with Crippen LogP contribution in [-0.2, 0) is 0 Å². The summed E-state index contributed by atoms with van der Waals surface area (Å²) in [5, 5.41) is 2.13. The van der Waals surface area contributed by atoms with Gasteiger partial charge >= 0.3 is 0 Å². The monoisotopic (exact) mass is 122 g/mol. The first-order valence-corrected chi connectivity index (χ1v) is 2.90. The van der Waals surface area contributed by atoms with Crippen LogP contribution in [0.1, 0.15) is 6.92 Å². The Balaban J connectivity index is 3.50. The van der Waals surface area contributed by atoms with Gasteiger partial charge in [0.1, 0.15) is 0 Å². The van der Waals surface area contributed by atoms with Crippen LogP contribution in [0.2, 0.25) is 0 Å². The van der Waals surface area contributed by atoms with Gasteiger partial charge in [-0.15, -0.1) is 0 Å². The predicted octanol–water partition coefficient (Wildman–Crippen LogP) is -0.488. The van der Waals surface area contributed by atoms with Crippen LogP contribution in [-0.4, -0.2) is 4.98 Å². The fourth-order valence-electron chi connectivity index (χ4n) is 0.790. The molecule has 48 valence electrons. The van der Waals surface area contributed by atoms with E-state index in [1.54, 1.807) is 6.20 Å². The van der Waals surface area contributed by atoms with Gasteiger partial charge in [0.05, 0.1) is 5.35 Å². The third-order valence-electron chi connectivity index (χ3n) is 1.29. The van der Waals surface area contributed by atoms with Gasteiger partial charge in [-0.1, -0.05) is 6.08 Å². The molecule has 0 aromatic carbocycles. The number of aromatic nitrogens is 1. The minimum absolute atomic E-state index is 0.984. The standard InChI is InChI=1S/C7H10N2/c1-2-6-3-4-9-7(6)5-8/h2-5,9H,8H2,1H3/b6-2-,7-5+. The Hall–Kier alpha value is -1.18. The fourth-order valence-corrected chi connectivity index (χ4v) is 0.790. The minimum Gasteiger partial charge on any atom is -0.403 e. The van der Waals surface area contributed by atoms with Gasteiger partial charge in [-0.3, -0.25) is 0 Å². The largest absolute Gasteiger partial charge is 0.403 e. The minimum atomic E-state index is 0.984. The van der Waals surface area contributed by atoms with E-state index in [2.05, 4.69) is 4.98 Å². The summed E-state index contributed by atoms with van der Waals surface area (Å²) in [5.41, 5.74) is 5.29. The van der Waals surface area contributed by atoms with Gasteiger partial charge in [-0.25, -0.2) is 0 Å². The van der Waals surface area contributed by atoms with Gasteiger partial charge in [-0.05, 0) is 18.2 Å². The highest BCUT2D eigenvalue weighted by molar-refractivity contribution is 5.24. The van der Waals surface area contributed by atoms with Crippen molar-refractivity contribution in [2.75, 3.05) is 0 Å². The smallest absolute Gasteiger partial charge is 0.0608 e. The van der Waals surface area contributed by atoms with E-state index in [4.69, 9.17) is 5.73 Å². The van der Waals surface area contributed by atoms with Gasteiger partial charge < -0.3 is 10.7 Å². The Morgan fingerprint density at radius 1 is 1.67 bits per heavy atom. The van der Waals surface area contributed by atoms with Crippen LogP contribution in [0.3, 0.4) is 0 Å². The molecule has 0 fully saturated rings. The van der Waals surface area contributed by atoms with E-state index in [1.165, 1.54) is 0 Å². The van der Waals surface area contributed by atoms with Gasteiger partial charge in [0.2, 0.25) is 0 Å². The summed E-state index contributed by atoms with van der Waals surface area (Å²) < 4.78 is 0. The average molecular weight is 122 g/mol. The van der Waals surface area contributed by atoms with Crippen molar-refractivity contribution in [3.63, 3.8) is 0 Å². The SMILES string of the molecule is C/C=c1/cc[nH]/c1=C/N. The molecule has 0 unspecified atom stereocenters. The van der Waals surface area contributed by atoms with E-state index >= 15 is 0 Å². The zero-order chi connectivity index (χ0) is 6.69. The lowest BCUT2D eigenvalue weighted by Crippen LogP contribution is -2.23. The zero-order valence-corrected chi connectivity index (χ0v) is 5.39. The molecule has 0 saturated carbocycles. The zero-order valence-electron chi connectivity index (χ0n) is 5.39.